The molecule has 1 unspecified atom stereocenters. The summed E-state index contributed by atoms with van der Waals surface area (Å²) in [6.45, 7) is 5.08. The van der Waals surface area contributed by atoms with E-state index in [0.717, 1.165) is 12.0 Å². The minimum absolute atomic E-state index is 0.327. The van der Waals surface area contributed by atoms with E-state index in [1.54, 1.807) is 0 Å². The van der Waals surface area contributed by atoms with Crippen LogP contribution in [-0.4, -0.2) is 24.3 Å². The van der Waals surface area contributed by atoms with Crippen LogP contribution in [0.3, 0.4) is 0 Å². The molecule has 0 amide bonds. The number of hydrogen-bond donors (Lipinski definition) is 1. The van der Waals surface area contributed by atoms with Gasteiger partial charge in [0.05, 0.1) is 24.5 Å². The molecule has 1 aliphatic rings. The molecule has 0 bridgehead atoms. The summed E-state index contributed by atoms with van der Waals surface area (Å²) in [6, 6.07) is 8.30. The van der Waals surface area contributed by atoms with Gasteiger partial charge in [-0.3, -0.25) is 4.79 Å². The van der Waals surface area contributed by atoms with E-state index in [-0.39, 0.29) is 11.3 Å². The Balaban J connectivity index is 2.33. The van der Waals surface area contributed by atoms with E-state index in [1.807, 2.05) is 6.92 Å². The predicted octanol–water partition coefficient (Wildman–Crippen LogP) is 2.63. The maximum atomic E-state index is 11.4. The molecule has 1 atom stereocenters. The van der Waals surface area contributed by atoms with Gasteiger partial charge in [0, 0.05) is 0 Å². The Morgan fingerprint density at radius 1 is 1.33 bits per heavy atom. The molecule has 0 saturated carbocycles. The van der Waals surface area contributed by atoms with Crippen LogP contribution in [0.25, 0.3) is 0 Å². The zero-order valence-corrected chi connectivity index (χ0v) is 11.0. The molecule has 1 N–H and O–H groups in total. The van der Waals surface area contributed by atoms with Gasteiger partial charge in [0.25, 0.3) is 0 Å². The monoisotopic (exact) mass is 248 g/mol. The summed E-state index contributed by atoms with van der Waals surface area (Å²) in [5, 5.41) is 9.38. The lowest BCUT2D eigenvalue weighted by Crippen LogP contribution is -2.54. The predicted molar refractivity (Wildman–Crippen MR) is 69.7 cm³/mol. The van der Waals surface area contributed by atoms with Crippen LogP contribution in [0, 0.1) is 5.92 Å². The number of ether oxygens (including phenoxy) is 1. The zero-order valence-electron chi connectivity index (χ0n) is 11.0. The third-order valence-corrected chi connectivity index (χ3v) is 4.03. The highest BCUT2D eigenvalue weighted by Gasteiger charge is 2.49. The maximum absolute atomic E-state index is 11.4. The van der Waals surface area contributed by atoms with Gasteiger partial charge in [0.15, 0.2) is 0 Å². The minimum Gasteiger partial charge on any atom is -0.481 e. The van der Waals surface area contributed by atoms with Crippen molar-refractivity contribution < 1.29 is 14.6 Å². The fourth-order valence-corrected chi connectivity index (χ4v) is 2.77. The van der Waals surface area contributed by atoms with E-state index in [0.29, 0.717) is 19.6 Å². The van der Waals surface area contributed by atoms with Crippen molar-refractivity contribution in [2.45, 2.75) is 32.1 Å². The van der Waals surface area contributed by atoms with Crippen molar-refractivity contribution in [3.05, 3.63) is 35.4 Å². The molecule has 1 fully saturated rings. The molecule has 0 aliphatic carbocycles. The molecule has 0 aromatic heterocycles. The van der Waals surface area contributed by atoms with E-state index in [9.17, 15) is 9.90 Å². The summed E-state index contributed by atoms with van der Waals surface area (Å²) in [6.07, 6.45) is 1.63. The van der Waals surface area contributed by atoms with E-state index >= 15 is 0 Å². The smallest absolute Gasteiger partial charge is 0.307 e. The molecule has 1 saturated heterocycles. The first-order valence-corrected chi connectivity index (χ1v) is 6.54. The Morgan fingerprint density at radius 3 is 2.28 bits per heavy atom. The first kappa shape index (κ1) is 13.1. The summed E-state index contributed by atoms with van der Waals surface area (Å²) in [7, 11) is 0. The summed E-state index contributed by atoms with van der Waals surface area (Å²) < 4.78 is 5.32. The van der Waals surface area contributed by atoms with Crippen LogP contribution in [0.2, 0.25) is 0 Å². The van der Waals surface area contributed by atoms with Crippen LogP contribution in [0.1, 0.15) is 31.4 Å². The van der Waals surface area contributed by atoms with Gasteiger partial charge in [-0.25, -0.2) is 0 Å². The third kappa shape index (κ3) is 2.03. The quantitative estimate of drug-likeness (QED) is 0.871. The van der Waals surface area contributed by atoms with E-state index in [1.165, 1.54) is 5.56 Å². The van der Waals surface area contributed by atoms with Crippen molar-refractivity contribution in [2.75, 3.05) is 13.2 Å². The lowest BCUT2D eigenvalue weighted by Gasteiger charge is -2.45. The van der Waals surface area contributed by atoms with Crippen LogP contribution in [0.5, 0.6) is 0 Å². The first-order chi connectivity index (χ1) is 8.64. The standard InChI is InChI=1S/C15H20O3/c1-3-11-5-7-12(8-6-11)15(9-18-10-15)13(4-2)14(16)17/h5-8,13H,3-4,9-10H2,1-2H3,(H,16,17). The second-order valence-electron chi connectivity index (χ2n) is 5.00. The normalized spacial score (nSPS) is 19.0. The second-order valence-corrected chi connectivity index (χ2v) is 5.00. The highest BCUT2D eigenvalue weighted by atomic mass is 16.5. The van der Waals surface area contributed by atoms with Crippen LogP contribution in [0.4, 0.5) is 0 Å². The third-order valence-electron chi connectivity index (χ3n) is 4.03. The summed E-state index contributed by atoms with van der Waals surface area (Å²) in [5.41, 5.74) is 2.05. The number of carboxylic acids is 1. The van der Waals surface area contributed by atoms with Gasteiger partial charge in [-0.15, -0.1) is 0 Å². The molecule has 0 radical (unpaired) electrons. The Hall–Kier alpha value is -1.35. The number of carboxylic acid groups (broad SMARTS) is 1. The van der Waals surface area contributed by atoms with Crippen molar-refractivity contribution in [1.29, 1.82) is 0 Å². The Kier molecular flexibility index (Phi) is 3.71. The Morgan fingerprint density at radius 2 is 1.94 bits per heavy atom. The Labute approximate surface area is 108 Å². The van der Waals surface area contributed by atoms with Gasteiger partial charge in [-0.1, -0.05) is 38.1 Å². The molecule has 0 spiro atoms. The van der Waals surface area contributed by atoms with E-state index in [2.05, 4.69) is 31.2 Å². The van der Waals surface area contributed by atoms with Gasteiger partial charge in [-0.05, 0) is 24.0 Å². The molecule has 98 valence electrons. The zero-order chi connectivity index (χ0) is 13.2. The molecule has 3 heteroatoms. The maximum Gasteiger partial charge on any atom is 0.307 e. The fourth-order valence-electron chi connectivity index (χ4n) is 2.77. The van der Waals surface area contributed by atoms with Gasteiger partial charge in [-0.2, -0.15) is 0 Å². The van der Waals surface area contributed by atoms with Gasteiger partial charge >= 0.3 is 5.97 Å². The minimum atomic E-state index is -0.722. The highest BCUT2D eigenvalue weighted by Crippen LogP contribution is 2.41. The number of benzene rings is 1. The molecule has 1 aliphatic heterocycles. The number of hydrogen-bond acceptors (Lipinski definition) is 2. The molecular weight excluding hydrogens is 228 g/mol. The van der Waals surface area contributed by atoms with Gasteiger partial charge in [0.1, 0.15) is 0 Å². The second kappa shape index (κ2) is 5.11. The van der Waals surface area contributed by atoms with Crippen LogP contribution >= 0.6 is 0 Å². The highest BCUT2D eigenvalue weighted by molar-refractivity contribution is 5.73. The molecule has 18 heavy (non-hydrogen) atoms. The van der Waals surface area contributed by atoms with E-state index in [4.69, 9.17) is 4.74 Å². The number of rotatable bonds is 5. The molecule has 2 rings (SSSR count). The molecule has 1 heterocycles. The number of aryl methyl sites for hydroxylation is 1. The fraction of sp³-hybridized carbons (Fsp3) is 0.533. The summed E-state index contributed by atoms with van der Waals surface area (Å²) in [5.74, 6) is -1.08. The van der Waals surface area contributed by atoms with Crippen molar-refractivity contribution in [2.24, 2.45) is 5.92 Å². The van der Waals surface area contributed by atoms with E-state index < -0.39 is 5.97 Å². The summed E-state index contributed by atoms with van der Waals surface area (Å²) >= 11 is 0. The average Bonchev–Trinajstić information content (AvgIpc) is 2.33. The van der Waals surface area contributed by atoms with Gasteiger partial charge in [0.2, 0.25) is 0 Å². The molecular formula is C15H20O3. The number of carbonyl (C=O) groups is 1. The number of aliphatic carboxylic acids is 1. The van der Waals surface area contributed by atoms with Crippen molar-refractivity contribution >= 4 is 5.97 Å². The van der Waals surface area contributed by atoms with Crippen molar-refractivity contribution in [3.8, 4) is 0 Å². The lowest BCUT2D eigenvalue weighted by molar-refractivity contribution is -0.157. The largest absolute Gasteiger partial charge is 0.481 e. The SMILES string of the molecule is CCc1ccc(C2(C(CC)C(=O)O)COC2)cc1. The molecule has 1 aromatic rings. The van der Waals surface area contributed by atoms with Crippen LogP contribution in [0.15, 0.2) is 24.3 Å². The van der Waals surface area contributed by atoms with Crippen molar-refractivity contribution in [1.82, 2.24) is 0 Å². The summed E-state index contributed by atoms with van der Waals surface area (Å²) in [4.78, 5) is 11.4. The average molecular weight is 248 g/mol. The first-order valence-electron chi connectivity index (χ1n) is 6.54. The van der Waals surface area contributed by atoms with Gasteiger partial charge < -0.3 is 9.84 Å². The van der Waals surface area contributed by atoms with Crippen LogP contribution in [-0.2, 0) is 21.4 Å². The Bertz CT molecular complexity index is 418. The van der Waals surface area contributed by atoms with Crippen molar-refractivity contribution in [3.63, 3.8) is 0 Å². The lowest BCUT2D eigenvalue weighted by atomic mass is 9.67. The molecule has 1 aromatic carbocycles. The molecule has 3 nitrogen and oxygen atoms in total. The van der Waals surface area contributed by atoms with Crippen LogP contribution < -0.4 is 0 Å². The topological polar surface area (TPSA) is 46.5 Å².